The first-order valence-electron chi connectivity index (χ1n) is 5.96. The molecule has 0 bridgehead atoms. The third kappa shape index (κ3) is 2.70. The third-order valence-corrected chi connectivity index (χ3v) is 3.63. The molecule has 4 nitrogen and oxygen atoms in total. The van der Waals surface area contributed by atoms with Gasteiger partial charge in [0.05, 0.1) is 33.8 Å². The monoisotopic (exact) mass is 322 g/mol. The van der Waals surface area contributed by atoms with Gasteiger partial charge < -0.3 is 5.73 Å². The van der Waals surface area contributed by atoms with E-state index < -0.39 is 5.82 Å². The van der Waals surface area contributed by atoms with Crippen LogP contribution in [0.15, 0.2) is 42.9 Å². The normalized spacial score (nSPS) is 10.8. The first-order chi connectivity index (χ1) is 10.0. The lowest BCUT2D eigenvalue weighted by molar-refractivity contribution is 0.622. The number of halogens is 3. The molecular weight excluding hydrogens is 314 g/mol. The molecule has 0 saturated heterocycles. The van der Waals surface area contributed by atoms with Crippen LogP contribution in [0.1, 0.15) is 0 Å². The van der Waals surface area contributed by atoms with E-state index in [-0.39, 0.29) is 0 Å². The molecule has 1 aromatic carbocycles. The molecule has 0 atom stereocenters. The number of hydrogen-bond acceptors (Lipinski definition) is 3. The van der Waals surface area contributed by atoms with Gasteiger partial charge in [-0.3, -0.25) is 4.98 Å². The molecule has 0 aliphatic heterocycles. The molecule has 2 N–H and O–H groups in total. The van der Waals surface area contributed by atoms with Gasteiger partial charge in [-0.15, -0.1) is 0 Å². The molecule has 0 unspecified atom stereocenters. The van der Waals surface area contributed by atoms with E-state index in [2.05, 4.69) is 10.1 Å². The zero-order chi connectivity index (χ0) is 15.0. The average Bonchev–Trinajstić information content (AvgIpc) is 2.84. The maximum atomic E-state index is 13.2. The summed E-state index contributed by atoms with van der Waals surface area (Å²) in [7, 11) is 0. The van der Waals surface area contributed by atoms with Crippen molar-refractivity contribution in [1.29, 1.82) is 0 Å². The number of aromatic nitrogens is 3. The molecule has 0 spiro atoms. The molecule has 0 aliphatic rings. The third-order valence-electron chi connectivity index (χ3n) is 2.89. The summed E-state index contributed by atoms with van der Waals surface area (Å²) in [5, 5.41) is 5.21. The number of hydrogen-bond donors (Lipinski definition) is 1. The zero-order valence-electron chi connectivity index (χ0n) is 10.6. The van der Waals surface area contributed by atoms with Crippen molar-refractivity contribution in [1.82, 2.24) is 14.8 Å². The summed E-state index contributed by atoms with van der Waals surface area (Å²) in [6, 6.07) is 6.42. The molecule has 0 fully saturated rings. The van der Waals surface area contributed by atoms with Gasteiger partial charge in [0.15, 0.2) is 0 Å². The van der Waals surface area contributed by atoms with Crippen LogP contribution < -0.4 is 5.73 Å². The summed E-state index contributed by atoms with van der Waals surface area (Å²) in [5.74, 6) is -0.448. The van der Waals surface area contributed by atoms with Gasteiger partial charge in [-0.25, -0.2) is 9.07 Å². The van der Waals surface area contributed by atoms with Crippen LogP contribution in [-0.2, 0) is 0 Å². The van der Waals surface area contributed by atoms with Gasteiger partial charge in [-0.2, -0.15) is 5.10 Å². The quantitative estimate of drug-likeness (QED) is 0.776. The Morgan fingerprint density at radius 2 is 1.90 bits per heavy atom. The smallest absolute Gasteiger partial charge is 0.142 e. The highest BCUT2D eigenvalue weighted by molar-refractivity contribution is 6.42. The van der Waals surface area contributed by atoms with Crippen LogP contribution in [-0.4, -0.2) is 14.8 Å². The van der Waals surface area contributed by atoms with Crippen molar-refractivity contribution in [3.63, 3.8) is 0 Å². The summed E-state index contributed by atoms with van der Waals surface area (Å²) in [4.78, 5) is 3.79. The molecule has 0 amide bonds. The fraction of sp³-hybridized carbons (Fsp3) is 0. The Hall–Kier alpha value is -2.11. The van der Waals surface area contributed by atoms with Crippen LogP contribution in [0.5, 0.6) is 0 Å². The highest BCUT2D eigenvalue weighted by Gasteiger charge is 2.11. The molecule has 3 aromatic rings. The SMILES string of the molecule is Nc1cn(-c2ccc(Cl)c(Cl)c2)nc1-c1cncc(F)c1. The van der Waals surface area contributed by atoms with E-state index in [0.717, 1.165) is 6.20 Å². The number of benzene rings is 1. The van der Waals surface area contributed by atoms with Crippen molar-refractivity contribution in [3.8, 4) is 16.9 Å². The number of nitrogens with two attached hydrogens (primary N) is 1. The van der Waals surface area contributed by atoms with Gasteiger partial charge in [-0.05, 0) is 24.3 Å². The largest absolute Gasteiger partial charge is 0.396 e. The van der Waals surface area contributed by atoms with Crippen molar-refractivity contribution >= 4 is 28.9 Å². The Morgan fingerprint density at radius 3 is 2.62 bits per heavy atom. The van der Waals surface area contributed by atoms with Crippen molar-refractivity contribution in [2.45, 2.75) is 0 Å². The predicted molar refractivity (Wildman–Crippen MR) is 81.2 cm³/mol. The molecule has 7 heteroatoms. The van der Waals surface area contributed by atoms with Crippen molar-refractivity contribution in [3.05, 3.63) is 58.7 Å². The molecule has 3 rings (SSSR count). The van der Waals surface area contributed by atoms with Crippen LogP contribution in [0.4, 0.5) is 10.1 Å². The first-order valence-corrected chi connectivity index (χ1v) is 6.71. The molecule has 2 heterocycles. The molecular formula is C14H9Cl2FN4. The Balaban J connectivity index is 2.07. The Labute approximate surface area is 129 Å². The lowest BCUT2D eigenvalue weighted by atomic mass is 10.2. The van der Waals surface area contributed by atoms with E-state index in [0.29, 0.717) is 32.7 Å². The number of rotatable bonds is 2. The summed E-state index contributed by atoms with van der Waals surface area (Å²) in [6.45, 7) is 0. The van der Waals surface area contributed by atoms with E-state index in [4.69, 9.17) is 28.9 Å². The van der Waals surface area contributed by atoms with E-state index >= 15 is 0 Å². The van der Waals surface area contributed by atoms with E-state index in [9.17, 15) is 4.39 Å². The average molecular weight is 323 g/mol. The molecule has 2 aromatic heterocycles. The van der Waals surface area contributed by atoms with Crippen molar-refractivity contribution < 1.29 is 4.39 Å². The molecule has 106 valence electrons. The van der Waals surface area contributed by atoms with Gasteiger partial charge in [0, 0.05) is 11.8 Å². The minimum atomic E-state index is -0.448. The van der Waals surface area contributed by atoms with Gasteiger partial charge in [0.2, 0.25) is 0 Å². The molecule has 21 heavy (non-hydrogen) atoms. The summed E-state index contributed by atoms with van der Waals surface area (Å²) in [6.07, 6.45) is 4.25. The summed E-state index contributed by atoms with van der Waals surface area (Å²) in [5.41, 5.74) is 8.01. The van der Waals surface area contributed by atoms with Crippen LogP contribution in [0, 0.1) is 5.82 Å². The van der Waals surface area contributed by atoms with Gasteiger partial charge in [-0.1, -0.05) is 23.2 Å². The van der Waals surface area contributed by atoms with Crippen LogP contribution in [0.25, 0.3) is 16.9 Å². The maximum absolute atomic E-state index is 13.2. The van der Waals surface area contributed by atoms with Crippen LogP contribution in [0.2, 0.25) is 10.0 Å². The van der Waals surface area contributed by atoms with E-state index in [1.54, 1.807) is 29.1 Å². The zero-order valence-corrected chi connectivity index (χ0v) is 12.1. The maximum Gasteiger partial charge on any atom is 0.142 e. The van der Waals surface area contributed by atoms with Crippen molar-refractivity contribution in [2.75, 3.05) is 5.73 Å². The van der Waals surface area contributed by atoms with Gasteiger partial charge in [0.25, 0.3) is 0 Å². The standard InChI is InChI=1S/C14H9Cl2FN4/c15-11-2-1-10(4-12(11)16)21-7-13(18)14(20-21)8-3-9(17)6-19-5-8/h1-7H,18H2. The fourth-order valence-electron chi connectivity index (χ4n) is 1.91. The molecule has 0 aliphatic carbocycles. The minimum absolute atomic E-state index is 0.411. The predicted octanol–water partition coefficient (Wildman–Crippen LogP) is 3.96. The number of nitrogens with zero attached hydrogens (tertiary/aromatic N) is 3. The minimum Gasteiger partial charge on any atom is -0.396 e. The van der Waals surface area contributed by atoms with Crippen LogP contribution >= 0.6 is 23.2 Å². The number of anilines is 1. The van der Waals surface area contributed by atoms with E-state index in [1.807, 2.05) is 0 Å². The lowest BCUT2D eigenvalue weighted by Crippen LogP contribution is -1.95. The van der Waals surface area contributed by atoms with Gasteiger partial charge >= 0.3 is 0 Å². The first kappa shape index (κ1) is 13.9. The molecule has 0 saturated carbocycles. The lowest BCUT2D eigenvalue weighted by Gasteiger charge is -2.03. The highest BCUT2D eigenvalue weighted by Crippen LogP contribution is 2.28. The number of nitrogen functional groups attached to an aromatic ring is 1. The van der Waals surface area contributed by atoms with E-state index in [1.165, 1.54) is 12.3 Å². The van der Waals surface area contributed by atoms with Crippen LogP contribution in [0.3, 0.4) is 0 Å². The Bertz CT molecular complexity index is 816. The Morgan fingerprint density at radius 1 is 1.10 bits per heavy atom. The second-order valence-electron chi connectivity index (χ2n) is 4.37. The summed E-state index contributed by atoms with van der Waals surface area (Å²) >= 11 is 11.9. The highest BCUT2D eigenvalue weighted by atomic mass is 35.5. The van der Waals surface area contributed by atoms with Gasteiger partial charge in [0.1, 0.15) is 11.5 Å². The second kappa shape index (κ2) is 5.35. The van der Waals surface area contributed by atoms with Crippen molar-refractivity contribution in [2.24, 2.45) is 0 Å². The Kier molecular flexibility index (Phi) is 3.53. The number of pyridine rings is 1. The fourth-order valence-corrected chi connectivity index (χ4v) is 2.21. The topological polar surface area (TPSA) is 56.7 Å². The second-order valence-corrected chi connectivity index (χ2v) is 5.18. The molecule has 0 radical (unpaired) electrons. The summed E-state index contributed by atoms with van der Waals surface area (Å²) < 4.78 is 14.8.